The molecule has 0 spiro atoms. The van der Waals surface area contributed by atoms with Gasteiger partial charge >= 0.3 is 5.97 Å². The number of carbonyl (C=O) groups is 1. The molecule has 2 unspecified atom stereocenters. The van der Waals surface area contributed by atoms with Crippen LogP contribution >= 0.6 is 0 Å². The first-order valence-corrected chi connectivity index (χ1v) is 5.69. The first-order chi connectivity index (χ1) is 8.06. The van der Waals surface area contributed by atoms with Crippen LogP contribution in [0.3, 0.4) is 0 Å². The van der Waals surface area contributed by atoms with Crippen molar-refractivity contribution >= 4 is 5.97 Å². The molecule has 1 aromatic rings. The maximum atomic E-state index is 10.8. The van der Waals surface area contributed by atoms with Crippen LogP contribution < -0.4 is 0 Å². The van der Waals surface area contributed by atoms with Crippen molar-refractivity contribution < 1.29 is 19.2 Å². The van der Waals surface area contributed by atoms with Gasteiger partial charge in [-0.25, -0.2) is 0 Å². The minimum Gasteiger partial charge on any atom is -0.481 e. The predicted octanol–water partition coefficient (Wildman–Crippen LogP) is 1.82. The fraction of sp³-hybridized carbons (Fsp3) is 0.727. The molecular formula is C11H18N2O4. The van der Waals surface area contributed by atoms with Crippen molar-refractivity contribution in [2.45, 2.75) is 39.7 Å². The lowest BCUT2D eigenvalue weighted by atomic mass is 9.96. The van der Waals surface area contributed by atoms with Gasteiger partial charge in [0, 0.05) is 12.5 Å². The van der Waals surface area contributed by atoms with Crippen LogP contribution in [0.5, 0.6) is 0 Å². The smallest absolute Gasteiger partial charge is 0.307 e. The number of aromatic nitrogens is 2. The van der Waals surface area contributed by atoms with Crippen molar-refractivity contribution in [1.29, 1.82) is 0 Å². The third-order valence-corrected chi connectivity index (χ3v) is 2.59. The summed E-state index contributed by atoms with van der Waals surface area (Å²) in [7, 11) is 0. The molecule has 6 heteroatoms. The summed E-state index contributed by atoms with van der Waals surface area (Å²) in [5.74, 6) is -0.938. The number of nitrogens with zero attached hydrogens (tertiary/aromatic N) is 2. The van der Waals surface area contributed by atoms with Gasteiger partial charge in [0.25, 0.3) is 0 Å². The number of ether oxygens (including phenoxy) is 1. The van der Waals surface area contributed by atoms with E-state index in [2.05, 4.69) is 10.1 Å². The quantitative estimate of drug-likeness (QED) is 0.734. The molecule has 1 heterocycles. The summed E-state index contributed by atoms with van der Waals surface area (Å²) in [6.07, 6.45) is 0.928. The molecule has 1 rings (SSSR count). The third kappa shape index (κ3) is 3.81. The molecule has 1 N–H and O–H groups in total. The van der Waals surface area contributed by atoms with Gasteiger partial charge in [-0.1, -0.05) is 25.9 Å². The number of carboxylic acids is 1. The number of hydrogen-bond donors (Lipinski definition) is 1. The van der Waals surface area contributed by atoms with Gasteiger partial charge in [-0.15, -0.1) is 0 Å². The van der Waals surface area contributed by atoms with Crippen molar-refractivity contribution in [3.63, 3.8) is 0 Å². The predicted molar refractivity (Wildman–Crippen MR) is 59.5 cm³/mol. The highest BCUT2D eigenvalue weighted by Crippen LogP contribution is 2.22. The molecule has 0 saturated carbocycles. The van der Waals surface area contributed by atoms with Crippen LogP contribution in [0, 0.1) is 5.92 Å². The van der Waals surface area contributed by atoms with Crippen LogP contribution in [0.25, 0.3) is 0 Å². The Hall–Kier alpha value is -1.43. The number of aliphatic carboxylic acids is 1. The second kappa shape index (κ2) is 6.34. The minimum absolute atomic E-state index is 0.297. The van der Waals surface area contributed by atoms with E-state index in [1.807, 2.05) is 6.92 Å². The standard InChI is InChI=1S/C11H18N2O4/c1-4-5-16-6-9-12-10(17-13-9)7(2)8(3)11(14)15/h7-8H,4-6H2,1-3H3,(H,14,15). The van der Waals surface area contributed by atoms with Gasteiger partial charge in [0.15, 0.2) is 5.82 Å². The molecule has 0 amide bonds. The van der Waals surface area contributed by atoms with E-state index >= 15 is 0 Å². The molecule has 0 aliphatic heterocycles. The number of rotatable bonds is 7. The zero-order chi connectivity index (χ0) is 12.8. The minimum atomic E-state index is -0.875. The van der Waals surface area contributed by atoms with Crippen molar-refractivity contribution in [2.75, 3.05) is 6.61 Å². The first kappa shape index (κ1) is 13.6. The Balaban J connectivity index is 2.58. The zero-order valence-corrected chi connectivity index (χ0v) is 10.3. The van der Waals surface area contributed by atoms with Gasteiger partial charge in [-0.3, -0.25) is 4.79 Å². The van der Waals surface area contributed by atoms with Gasteiger partial charge in [0.05, 0.1) is 5.92 Å². The largest absolute Gasteiger partial charge is 0.481 e. The van der Waals surface area contributed by atoms with E-state index in [1.165, 1.54) is 0 Å². The van der Waals surface area contributed by atoms with Gasteiger partial charge in [-0.05, 0) is 6.42 Å². The Morgan fingerprint density at radius 1 is 1.53 bits per heavy atom. The van der Waals surface area contributed by atoms with E-state index in [0.717, 1.165) is 6.42 Å². The Labute approximate surface area is 100.0 Å². The van der Waals surface area contributed by atoms with Gasteiger partial charge in [0.1, 0.15) is 6.61 Å². The van der Waals surface area contributed by atoms with E-state index in [0.29, 0.717) is 24.9 Å². The van der Waals surface area contributed by atoms with Gasteiger partial charge in [0.2, 0.25) is 5.89 Å². The molecule has 96 valence electrons. The molecule has 0 saturated heterocycles. The van der Waals surface area contributed by atoms with Crippen LogP contribution in [0.4, 0.5) is 0 Å². The number of carboxylic acid groups (broad SMARTS) is 1. The van der Waals surface area contributed by atoms with E-state index in [1.54, 1.807) is 13.8 Å². The lowest BCUT2D eigenvalue weighted by Crippen LogP contribution is -2.16. The molecule has 0 aliphatic rings. The van der Waals surface area contributed by atoms with E-state index in [-0.39, 0.29) is 5.92 Å². The summed E-state index contributed by atoms with van der Waals surface area (Å²) >= 11 is 0. The lowest BCUT2D eigenvalue weighted by molar-refractivity contribution is -0.141. The first-order valence-electron chi connectivity index (χ1n) is 5.69. The van der Waals surface area contributed by atoms with Crippen molar-refractivity contribution in [2.24, 2.45) is 5.92 Å². The summed E-state index contributed by atoms with van der Waals surface area (Å²) in [6.45, 7) is 6.32. The number of hydrogen-bond acceptors (Lipinski definition) is 5. The summed E-state index contributed by atoms with van der Waals surface area (Å²) < 4.78 is 10.3. The fourth-order valence-electron chi connectivity index (χ4n) is 1.25. The highest BCUT2D eigenvalue weighted by atomic mass is 16.5. The van der Waals surface area contributed by atoms with Crippen molar-refractivity contribution in [3.8, 4) is 0 Å². The maximum absolute atomic E-state index is 10.8. The Morgan fingerprint density at radius 3 is 2.82 bits per heavy atom. The molecule has 0 radical (unpaired) electrons. The van der Waals surface area contributed by atoms with Crippen molar-refractivity contribution in [3.05, 3.63) is 11.7 Å². The molecule has 1 aromatic heterocycles. The monoisotopic (exact) mass is 242 g/mol. The van der Waals surface area contributed by atoms with Gasteiger partial charge in [-0.2, -0.15) is 4.98 Å². The molecule has 0 aromatic carbocycles. The summed E-state index contributed by atoms with van der Waals surface area (Å²) in [6, 6.07) is 0. The summed E-state index contributed by atoms with van der Waals surface area (Å²) in [4.78, 5) is 14.9. The van der Waals surface area contributed by atoms with Crippen LogP contribution in [0.1, 0.15) is 44.8 Å². The lowest BCUT2D eigenvalue weighted by Gasteiger charge is -2.10. The van der Waals surface area contributed by atoms with Crippen LogP contribution in [-0.4, -0.2) is 27.8 Å². The highest BCUT2D eigenvalue weighted by molar-refractivity contribution is 5.70. The third-order valence-electron chi connectivity index (χ3n) is 2.59. The molecular weight excluding hydrogens is 224 g/mol. The van der Waals surface area contributed by atoms with E-state index in [9.17, 15) is 4.79 Å². The topological polar surface area (TPSA) is 85.5 Å². The Kier molecular flexibility index (Phi) is 5.09. The average Bonchev–Trinajstić information content (AvgIpc) is 2.76. The molecule has 0 aliphatic carbocycles. The Bertz CT molecular complexity index is 364. The van der Waals surface area contributed by atoms with Gasteiger partial charge < -0.3 is 14.4 Å². The van der Waals surface area contributed by atoms with E-state index < -0.39 is 11.9 Å². The Morgan fingerprint density at radius 2 is 2.24 bits per heavy atom. The highest BCUT2D eigenvalue weighted by Gasteiger charge is 2.25. The normalized spacial score (nSPS) is 14.5. The molecule has 2 atom stereocenters. The van der Waals surface area contributed by atoms with Crippen LogP contribution in [-0.2, 0) is 16.1 Å². The molecule has 0 bridgehead atoms. The molecule has 6 nitrogen and oxygen atoms in total. The maximum Gasteiger partial charge on any atom is 0.307 e. The van der Waals surface area contributed by atoms with E-state index in [4.69, 9.17) is 14.4 Å². The SMILES string of the molecule is CCCOCc1noc(C(C)C(C)C(=O)O)n1. The van der Waals surface area contributed by atoms with Crippen LogP contribution in [0.15, 0.2) is 4.52 Å². The second-order valence-corrected chi connectivity index (χ2v) is 4.02. The second-order valence-electron chi connectivity index (χ2n) is 4.02. The zero-order valence-electron chi connectivity index (χ0n) is 10.3. The van der Waals surface area contributed by atoms with Crippen molar-refractivity contribution in [1.82, 2.24) is 10.1 Å². The summed E-state index contributed by atoms with van der Waals surface area (Å²) in [5.41, 5.74) is 0. The molecule has 0 fully saturated rings. The molecule has 17 heavy (non-hydrogen) atoms. The summed E-state index contributed by atoms with van der Waals surface area (Å²) in [5, 5.41) is 12.6. The average molecular weight is 242 g/mol. The van der Waals surface area contributed by atoms with Crippen LogP contribution in [0.2, 0.25) is 0 Å². The fourth-order valence-corrected chi connectivity index (χ4v) is 1.25.